The van der Waals surface area contributed by atoms with Crippen LogP contribution in [-0.4, -0.2) is 21.5 Å². The lowest BCUT2D eigenvalue weighted by molar-refractivity contribution is 0.102. The molecule has 0 saturated carbocycles. The van der Waals surface area contributed by atoms with Crippen molar-refractivity contribution in [1.82, 2.24) is 9.97 Å². The Hall–Kier alpha value is -2.77. The minimum absolute atomic E-state index is 0.106. The van der Waals surface area contributed by atoms with E-state index in [1.807, 2.05) is 24.4 Å². The van der Waals surface area contributed by atoms with E-state index < -0.39 is 0 Å². The molecule has 0 radical (unpaired) electrons. The highest BCUT2D eigenvalue weighted by Crippen LogP contribution is 2.32. The van der Waals surface area contributed by atoms with E-state index in [9.17, 15) is 14.0 Å². The first-order valence-electron chi connectivity index (χ1n) is 9.35. The first-order chi connectivity index (χ1) is 14.3. The zero-order chi connectivity index (χ0) is 21.4. The van der Waals surface area contributed by atoms with Crippen molar-refractivity contribution in [1.29, 1.82) is 0 Å². The maximum absolute atomic E-state index is 13.4. The number of fused-ring (bicyclic) bond motifs is 1. The number of ketones is 1. The predicted octanol–water partition coefficient (Wildman–Crippen LogP) is 5.69. The summed E-state index contributed by atoms with van der Waals surface area (Å²) in [5.41, 5.74) is 4.86. The molecule has 7 heteroatoms. The smallest absolute Gasteiger partial charge is 0.260 e. The number of aromatic amines is 1. The molecule has 0 aliphatic heterocycles. The summed E-state index contributed by atoms with van der Waals surface area (Å²) < 4.78 is 13.4. The fourth-order valence-corrected chi connectivity index (χ4v) is 4.92. The summed E-state index contributed by atoms with van der Waals surface area (Å²) in [6, 6.07) is 10.4. The van der Waals surface area contributed by atoms with Gasteiger partial charge in [0.05, 0.1) is 11.1 Å². The number of aromatic nitrogens is 2. The molecule has 0 aliphatic rings. The molecular formula is C23H19FN2O2S2. The number of carbonyl (C=O) groups is 1. The molecule has 0 spiro atoms. The average molecular weight is 439 g/mol. The molecule has 0 atom stereocenters. The van der Waals surface area contributed by atoms with E-state index in [0.29, 0.717) is 26.5 Å². The van der Waals surface area contributed by atoms with Gasteiger partial charge in [-0.1, -0.05) is 30.0 Å². The SMILES string of the molecule is Cc1ccc(-c2csc3nc(SCC(=O)c4ccc(F)c(C)c4)[nH]c(=O)c23)cc1C. The Bertz CT molecular complexity index is 1340. The molecule has 0 fully saturated rings. The van der Waals surface area contributed by atoms with Gasteiger partial charge in [-0.3, -0.25) is 9.59 Å². The van der Waals surface area contributed by atoms with Gasteiger partial charge in [0.25, 0.3) is 5.56 Å². The Kier molecular flexibility index (Phi) is 5.58. The van der Waals surface area contributed by atoms with Crippen molar-refractivity contribution in [3.63, 3.8) is 0 Å². The normalized spacial score (nSPS) is 11.2. The van der Waals surface area contributed by atoms with Crippen LogP contribution in [0, 0.1) is 26.6 Å². The van der Waals surface area contributed by atoms with E-state index in [2.05, 4.69) is 23.0 Å². The number of hydrogen-bond acceptors (Lipinski definition) is 5. The number of aryl methyl sites for hydroxylation is 3. The van der Waals surface area contributed by atoms with Crippen molar-refractivity contribution in [2.75, 3.05) is 5.75 Å². The number of thiophene rings is 1. The summed E-state index contributed by atoms with van der Waals surface area (Å²) in [5.74, 6) is -0.379. The van der Waals surface area contributed by atoms with Crippen LogP contribution in [0.25, 0.3) is 21.3 Å². The summed E-state index contributed by atoms with van der Waals surface area (Å²) >= 11 is 2.58. The van der Waals surface area contributed by atoms with E-state index in [1.165, 1.54) is 46.9 Å². The molecule has 0 saturated heterocycles. The van der Waals surface area contributed by atoms with E-state index >= 15 is 0 Å². The maximum Gasteiger partial charge on any atom is 0.260 e. The second kappa shape index (κ2) is 8.16. The average Bonchev–Trinajstić information content (AvgIpc) is 3.15. The molecule has 4 nitrogen and oxygen atoms in total. The van der Waals surface area contributed by atoms with E-state index in [1.54, 1.807) is 6.92 Å². The topological polar surface area (TPSA) is 62.8 Å². The third-order valence-corrected chi connectivity index (χ3v) is 6.81. The number of rotatable bonds is 5. The first-order valence-corrected chi connectivity index (χ1v) is 11.2. The van der Waals surface area contributed by atoms with Crippen LogP contribution in [0.15, 0.2) is 51.7 Å². The van der Waals surface area contributed by atoms with Crippen molar-refractivity contribution in [3.8, 4) is 11.1 Å². The Labute approximate surface area is 181 Å². The van der Waals surface area contributed by atoms with E-state index in [0.717, 1.165) is 16.7 Å². The third-order valence-electron chi connectivity index (χ3n) is 5.06. The number of hydrogen-bond donors (Lipinski definition) is 1. The number of Topliss-reactive ketones (excluding diaryl/α,β-unsaturated/α-hetero) is 1. The summed E-state index contributed by atoms with van der Waals surface area (Å²) in [5, 5.41) is 2.90. The van der Waals surface area contributed by atoms with E-state index in [4.69, 9.17) is 0 Å². The van der Waals surface area contributed by atoms with Crippen LogP contribution >= 0.6 is 23.1 Å². The maximum atomic E-state index is 13.4. The number of benzene rings is 2. The zero-order valence-corrected chi connectivity index (χ0v) is 18.3. The number of halogens is 1. The van der Waals surface area contributed by atoms with Gasteiger partial charge >= 0.3 is 0 Å². The Morgan fingerprint density at radius 2 is 1.90 bits per heavy atom. The summed E-state index contributed by atoms with van der Waals surface area (Å²) in [7, 11) is 0. The molecule has 4 aromatic rings. The number of nitrogens with zero attached hydrogens (tertiary/aromatic N) is 1. The van der Waals surface area contributed by atoms with Gasteiger partial charge in [0.15, 0.2) is 10.9 Å². The van der Waals surface area contributed by atoms with Gasteiger partial charge in [-0.05, 0) is 61.2 Å². The highest BCUT2D eigenvalue weighted by Gasteiger charge is 2.15. The quantitative estimate of drug-likeness (QED) is 0.247. The van der Waals surface area contributed by atoms with Crippen LogP contribution in [0.3, 0.4) is 0 Å². The Balaban J connectivity index is 1.59. The molecule has 152 valence electrons. The molecule has 30 heavy (non-hydrogen) atoms. The standard InChI is InChI=1S/C23H19FN2O2S2/c1-12-4-5-15(8-13(12)2)17-10-29-22-20(17)21(28)25-23(26-22)30-11-19(27)16-6-7-18(24)14(3)9-16/h4-10H,11H2,1-3H3,(H,25,26,28). The van der Waals surface area contributed by atoms with Gasteiger partial charge in [-0.2, -0.15) is 0 Å². The fourth-order valence-electron chi connectivity index (χ4n) is 3.15. The molecule has 2 heterocycles. The molecule has 4 rings (SSSR count). The lowest BCUT2D eigenvalue weighted by Crippen LogP contribution is -2.10. The minimum atomic E-state index is -0.340. The molecule has 0 amide bonds. The minimum Gasteiger partial charge on any atom is -0.301 e. The number of carbonyl (C=O) groups excluding carboxylic acids is 1. The van der Waals surface area contributed by atoms with Gasteiger partial charge in [-0.15, -0.1) is 11.3 Å². The monoisotopic (exact) mass is 438 g/mol. The largest absolute Gasteiger partial charge is 0.301 e. The molecule has 1 N–H and O–H groups in total. The summed E-state index contributed by atoms with van der Waals surface area (Å²) in [6.07, 6.45) is 0. The van der Waals surface area contributed by atoms with Gasteiger partial charge in [0.1, 0.15) is 10.6 Å². The van der Waals surface area contributed by atoms with Crippen LogP contribution in [0.2, 0.25) is 0 Å². The van der Waals surface area contributed by atoms with Crippen molar-refractivity contribution in [2.45, 2.75) is 25.9 Å². The van der Waals surface area contributed by atoms with Crippen molar-refractivity contribution < 1.29 is 9.18 Å². The van der Waals surface area contributed by atoms with Gasteiger partial charge in [0.2, 0.25) is 0 Å². The molecule has 0 aliphatic carbocycles. The number of H-pyrrole nitrogens is 1. The van der Waals surface area contributed by atoms with Gasteiger partial charge < -0.3 is 4.98 Å². The van der Waals surface area contributed by atoms with Crippen molar-refractivity contribution in [3.05, 3.63) is 80.2 Å². The molecule has 0 unspecified atom stereocenters. The molecule has 2 aromatic heterocycles. The predicted molar refractivity (Wildman–Crippen MR) is 121 cm³/mol. The van der Waals surface area contributed by atoms with Gasteiger partial charge in [0, 0.05) is 16.5 Å². The van der Waals surface area contributed by atoms with Crippen molar-refractivity contribution in [2.24, 2.45) is 0 Å². The number of thioether (sulfide) groups is 1. The van der Waals surface area contributed by atoms with Crippen LogP contribution in [0.5, 0.6) is 0 Å². The van der Waals surface area contributed by atoms with Crippen LogP contribution in [0.1, 0.15) is 27.0 Å². The zero-order valence-electron chi connectivity index (χ0n) is 16.7. The fraction of sp³-hybridized carbons (Fsp3) is 0.174. The number of nitrogens with one attached hydrogen (secondary N) is 1. The molecule has 2 aromatic carbocycles. The van der Waals surface area contributed by atoms with Gasteiger partial charge in [-0.25, -0.2) is 9.37 Å². The lowest BCUT2D eigenvalue weighted by atomic mass is 10.0. The second-order valence-electron chi connectivity index (χ2n) is 7.18. The van der Waals surface area contributed by atoms with Crippen LogP contribution < -0.4 is 5.56 Å². The Morgan fingerprint density at radius 3 is 2.63 bits per heavy atom. The molecule has 0 bridgehead atoms. The lowest BCUT2D eigenvalue weighted by Gasteiger charge is -2.05. The highest BCUT2D eigenvalue weighted by atomic mass is 32.2. The third kappa shape index (κ3) is 3.95. The van der Waals surface area contributed by atoms with Crippen molar-refractivity contribution >= 4 is 39.1 Å². The first kappa shape index (κ1) is 20.5. The van der Waals surface area contributed by atoms with Crippen LogP contribution in [0.4, 0.5) is 4.39 Å². The van der Waals surface area contributed by atoms with E-state index in [-0.39, 0.29) is 22.9 Å². The second-order valence-corrected chi connectivity index (χ2v) is 9.00. The highest BCUT2D eigenvalue weighted by molar-refractivity contribution is 7.99. The summed E-state index contributed by atoms with van der Waals surface area (Å²) in [4.78, 5) is 33.2. The molecular weight excluding hydrogens is 419 g/mol. The Morgan fingerprint density at radius 1 is 1.10 bits per heavy atom. The van der Waals surface area contributed by atoms with Crippen LogP contribution in [-0.2, 0) is 0 Å². The summed E-state index contributed by atoms with van der Waals surface area (Å²) in [6.45, 7) is 5.72.